The van der Waals surface area contributed by atoms with Gasteiger partial charge in [-0.25, -0.2) is 0 Å². The molecule has 0 aromatic carbocycles. The Hall–Kier alpha value is -0.610. The predicted octanol–water partition coefficient (Wildman–Crippen LogP) is -0.0720. The van der Waals surface area contributed by atoms with Gasteiger partial charge in [0.05, 0.1) is 31.8 Å². The zero-order valence-electron chi connectivity index (χ0n) is 7.62. The van der Waals surface area contributed by atoms with Crippen molar-refractivity contribution in [2.24, 2.45) is 5.92 Å². The number of rotatable bonds is 1. The van der Waals surface area contributed by atoms with Gasteiger partial charge in [-0.05, 0) is 12.8 Å². The standard InChI is InChI=1S/C9H15NO3/c11-9-7(2-1-3-10-9)8-6-12-4-5-13-8/h7-8H,1-6H2,(H,10,11). The van der Waals surface area contributed by atoms with Crippen LogP contribution in [0.5, 0.6) is 0 Å². The number of carbonyl (C=O) groups excluding carboxylic acids is 1. The summed E-state index contributed by atoms with van der Waals surface area (Å²) in [7, 11) is 0. The van der Waals surface area contributed by atoms with Crippen molar-refractivity contribution in [1.29, 1.82) is 0 Å². The summed E-state index contributed by atoms with van der Waals surface area (Å²) in [5.41, 5.74) is 0. The Labute approximate surface area is 77.6 Å². The molecule has 1 amide bonds. The molecule has 0 saturated carbocycles. The van der Waals surface area contributed by atoms with Crippen molar-refractivity contribution in [3.05, 3.63) is 0 Å². The summed E-state index contributed by atoms with van der Waals surface area (Å²) in [6.45, 7) is 2.65. The highest BCUT2D eigenvalue weighted by Gasteiger charge is 2.32. The van der Waals surface area contributed by atoms with E-state index >= 15 is 0 Å². The third kappa shape index (κ3) is 2.00. The number of amides is 1. The molecule has 2 aliphatic heterocycles. The predicted molar refractivity (Wildman–Crippen MR) is 46.3 cm³/mol. The maximum Gasteiger partial charge on any atom is 0.225 e. The first kappa shape index (κ1) is 8.97. The van der Waals surface area contributed by atoms with Crippen LogP contribution < -0.4 is 5.32 Å². The molecule has 0 spiro atoms. The summed E-state index contributed by atoms with van der Waals surface area (Å²) in [5.74, 6) is 0.135. The largest absolute Gasteiger partial charge is 0.376 e. The second-order valence-corrected chi connectivity index (χ2v) is 3.52. The van der Waals surface area contributed by atoms with Crippen molar-refractivity contribution in [2.45, 2.75) is 18.9 Å². The molecule has 2 fully saturated rings. The SMILES string of the molecule is O=C1NCCCC1C1COCCO1. The van der Waals surface area contributed by atoms with Gasteiger partial charge in [0, 0.05) is 6.54 Å². The van der Waals surface area contributed by atoms with Crippen LogP contribution in [-0.4, -0.2) is 38.4 Å². The molecule has 13 heavy (non-hydrogen) atoms. The first-order chi connectivity index (χ1) is 6.38. The van der Waals surface area contributed by atoms with Crippen molar-refractivity contribution in [1.82, 2.24) is 5.32 Å². The van der Waals surface area contributed by atoms with E-state index in [1.807, 2.05) is 0 Å². The number of piperidine rings is 1. The maximum atomic E-state index is 11.4. The minimum absolute atomic E-state index is 0.00838. The van der Waals surface area contributed by atoms with E-state index in [1.165, 1.54) is 0 Å². The van der Waals surface area contributed by atoms with Crippen molar-refractivity contribution < 1.29 is 14.3 Å². The lowest BCUT2D eigenvalue weighted by Crippen LogP contribution is -2.46. The van der Waals surface area contributed by atoms with Crippen molar-refractivity contribution in [3.8, 4) is 0 Å². The van der Waals surface area contributed by atoms with Gasteiger partial charge >= 0.3 is 0 Å². The normalized spacial score (nSPS) is 35.5. The summed E-state index contributed by atoms with van der Waals surface area (Å²) < 4.78 is 10.8. The first-order valence-electron chi connectivity index (χ1n) is 4.85. The molecule has 0 aromatic rings. The molecule has 74 valence electrons. The van der Waals surface area contributed by atoms with Gasteiger partial charge in [0.15, 0.2) is 0 Å². The van der Waals surface area contributed by atoms with Gasteiger partial charge in [-0.2, -0.15) is 0 Å². The van der Waals surface area contributed by atoms with Gasteiger partial charge in [0.1, 0.15) is 0 Å². The molecular weight excluding hydrogens is 170 g/mol. The molecule has 1 N–H and O–H groups in total. The van der Waals surface area contributed by atoms with Crippen LogP contribution >= 0.6 is 0 Å². The molecule has 0 aliphatic carbocycles. The minimum atomic E-state index is -0.0194. The van der Waals surface area contributed by atoms with Gasteiger partial charge in [0.25, 0.3) is 0 Å². The second-order valence-electron chi connectivity index (χ2n) is 3.52. The summed E-state index contributed by atoms with van der Waals surface area (Å²) >= 11 is 0. The first-order valence-corrected chi connectivity index (χ1v) is 4.85. The quantitative estimate of drug-likeness (QED) is 0.622. The van der Waals surface area contributed by atoms with Crippen LogP contribution in [0.15, 0.2) is 0 Å². The fourth-order valence-corrected chi connectivity index (χ4v) is 1.89. The second kappa shape index (κ2) is 4.07. The van der Waals surface area contributed by atoms with Gasteiger partial charge in [-0.3, -0.25) is 4.79 Å². The van der Waals surface area contributed by atoms with Gasteiger partial charge in [-0.1, -0.05) is 0 Å². The monoisotopic (exact) mass is 185 g/mol. The maximum absolute atomic E-state index is 11.4. The molecular formula is C9H15NO3. The molecule has 2 aliphatic rings. The molecule has 4 nitrogen and oxygen atoms in total. The van der Waals surface area contributed by atoms with Crippen molar-refractivity contribution in [2.75, 3.05) is 26.4 Å². The van der Waals surface area contributed by atoms with Crippen LogP contribution in [0.1, 0.15) is 12.8 Å². The molecule has 2 rings (SSSR count). The van der Waals surface area contributed by atoms with Crippen molar-refractivity contribution >= 4 is 5.91 Å². The van der Waals surface area contributed by atoms with E-state index in [9.17, 15) is 4.79 Å². The van der Waals surface area contributed by atoms with E-state index in [0.29, 0.717) is 19.8 Å². The van der Waals surface area contributed by atoms with Crippen LogP contribution in [0, 0.1) is 5.92 Å². The summed E-state index contributed by atoms with van der Waals surface area (Å²) in [5, 5.41) is 2.85. The lowest BCUT2D eigenvalue weighted by Gasteiger charge is -2.31. The molecule has 4 heteroatoms. The molecule has 2 saturated heterocycles. The zero-order valence-corrected chi connectivity index (χ0v) is 7.62. The highest BCUT2D eigenvalue weighted by molar-refractivity contribution is 5.79. The van der Waals surface area contributed by atoms with Crippen LogP contribution in [0.3, 0.4) is 0 Å². The van der Waals surface area contributed by atoms with E-state index in [1.54, 1.807) is 0 Å². The van der Waals surface area contributed by atoms with E-state index < -0.39 is 0 Å². The third-order valence-corrected chi connectivity index (χ3v) is 2.62. The Morgan fingerprint density at radius 1 is 1.38 bits per heavy atom. The molecule has 0 bridgehead atoms. The summed E-state index contributed by atoms with van der Waals surface area (Å²) in [6.07, 6.45) is 1.96. The van der Waals surface area contributed by atoms with Gasteiger partial charge in [0.2, 0.25) is 5.91 Å². The number of hydrogen-bond acceptors (Lipinski definition) is 3. The molecule has 2 atom stereocenters. The minimum Gasteiger partial charge on any atom is -0.376 e. The lowest BCUT2D eigenvalue weighted by atomic mass is 9.93. The number of carbonyl (C=O) groups is 1. The Kier molecular flexibility index (Phi) is 2.80. The fourth-order valence-electron chi connectivity index (χ4n) is 1.89. The molecule has 0 radical (unpaired) electrons. The fraction of sp³-hybridized carbons (Fsp3) is 0.889. The Morgan fingerprint density at radius 2 is 2.31 bits per heavy atom. The summed E-state index contributed by atoms with van der Waals surface area (Å²) in [6, 6.07) is 0. The van der Waals surface area contributed by atoms with Gasteiger partial charge < -0.3 is 14.8 Å². The van der Waals surface area contributed by atoms with E-state index in [2.05, 4.69) is 5.32 Å². The third-order valence-electron chi connectivity index (χ3n) is 2.62. The van der Waals surface area contributed by atoms with E-state index in [-0.39, 0.29) is 17.9 Å². The average Bonchev–Trinajstić information content (AvgIpc) is 2.20. The highest BCUT2D eigenvalue weighted by atomic mass is 16.6. The smallest absolute Gasteiger partial charge is 0.225 e. The zero-order chi connectivity index (χ0) is 9.10. The Bertz CT molecular complexity index is 189. The van der Waals surface area contributed by atoms with Crippen molar-refractivity contribution in [3.63, 3.8) is 0 Å². The average molecular weight is 185 g/mol. The Balaban J connectivity index is 1.92. The lowest BCUT2D eigenvalue weighted by molar-refractivity contribution is -0.146. The van der Waals surface area contributed by atoms with Crippen LogP contribution in [-0.2, 0) is 14.3 Å². The molecule has 0 aromatic heterocycles. The van der Waals surface area contributed by atoms with Gasteiger partial charge in [-0.15, -0.1) is 0 Å². The number of nitrogens with one attached hydrogen (secondary N) is 1. The van der Waals surface area contributed by atoms with Crippen LogP contribution in [0.2, 0.25) is 0 Å². The van der Waals surface area contributed by atoms with Crippen LogP contribution in [0.25, 0.3) is 0 Å². The van der Waals surface area contributed by atoms with E-state index in [0.717, 1.165) is 19.4 Å². The number of ether oxygens (including phenoxy) is 2. The Morgan fingerprint density at radius 3 is 3.00 bits per heavy atom. The molecule has 2 unspecified atom stereocenters. The number of hydrogen-bond donors (Lipinski definition) is 1. The highest BCUT2D eigenvalue weighted by Crippen LogP contribution is 2.20. The molecule has 2 heterocycles. The van der Waals surface area contributed by atoms with E-state index in [4.69, 9.17) is 9.47 Å². The topological polar surface area (TPSA) is 47.6 Å². The van der Waals surface area contributed by atoms with Crippen LogP contribution in [0.4, 0.5) is 0 Å². The summed E-state index contributed by atoms with van der Waals surface area (Å²) in [4.78, 5) is 11.4.